The van der Waals surface area contributed by atoms with Gasteiger partial charge < -0.3 is 10.5 Å². The van der Waals surface area contributed by atoms with E-state index in [2.05, 4.69) is 4.98 Å². The third-order valence-electron chi connectivity index (χ3n) is 2.77. The SMILES string of the molecule is Cc1cccc(COc2c(Cl)cccc2CCN)n1. The lowest BCUT2D eigenvalue weighted by Crippen LogP contribution is -2.06. The molecule has 0 aliphatic heterocycles. The van der Waals surface area contributed by atoms with Crippen molar-refractivity contribution >= 4 is 11.6 Å². The first-order valence-electron chi connectivity index (χ1n) is 6.23. The number of aromatic nitrogens is 1. The highest BCUT2D eigenvalue weighted by Gasteiger charge is 2.08. The molecule has 0 aliphatic rings. The zero-order chi connectivity index (χ0) is 13.7. The van der Waals surface area contributed by atoms with E-state index in [4.69, 9.17) is 22.1 Å². The molecule has 0 bridgehead atoms. The van der Waals surface area contributed by atoms with E-state index in [1.807, 2.05) is 43.3 Å². The van der Waals surface area contributed by atoms with Crippen LogP contribution in [0, 0.1) is 6.92 Å². The molecule has 0 amide bonds. The van der Waals surface area contributed by atoms with E-state index in [0.29, 0.717) is 23.9 Å². The van der Waals surface area contributed by atoms with Gasteiger partial charge in [-0.2, -0.15) is 0 Å². The summed E-state index contributed by atoms with van der Waals surface area (Å²) in [6.07, 6.45) is 0.747. The Labute approximate surface area is 118 Å². The molecule has 19 heavy (non-hydrogen) atoms. The second-order valence-corrected chi connectivity index (χ2v) is 4.73. The minimum atomic E-state index is 0.406. The van der Waals surface area contributed by atoms with Gasteiger partial charge in [-0.1, -0.05) is 29.8 Å². The van der Waals surface area contributed by atoms with E-state index in [0.717, 1.165) is 23.4 Å². The van der Waals surface area contributed by atoms with Crippen LogP contribution in [-0.4, -0.2) is 11.5 Å². The average Bonchev–Trinajstić information content (AvgIpc) is 2.38. The van der Waals surface area contributed by atoms with Crippen LogP contribution in [0.1, 0.15) is 17.0 Å². The number of nitrogens with two attached hydrogens (primary N) is 1. The molecule has 2 N–H and O–H groups in total. The molecule has 0 radical (unpaired) electrons. The standard InChI is InChI=1S/C15H17ClN2O/c1-11-4-2-6-13(18-11)10-19-15-12(8-9-17)5-3-7-14(15)16/h2-7H,8-10,17H2,1H3. The Bertz CT molecular complexity index is 558. The van der Waals surface area contributed by atoms with Crippen LogP contribution in [0.3, 0.4) is 0 Å². The van der Waals surface area contributed by atoms with Gasteiger partial charge in [0.2, 0.25) is 0 Å². The van der Waals surface area contributed by atoms with Crippen LogP contribution < -0.4 is 10.5 Å². The van der Waals surface area contributed by atoms with E-state index >= 15 is 0 Å². The van der Waals surface area contributed by atoms with Gasteiger partial charge >= 0.3 is 0 Å². The summed E-state index contributed by atoms with van der Waals surface area (Å²) < 4.78 is 5.81. The van der Waals surface area contributed by atoms with Crippen LogP contribution in [-0.2, 0) is 13.0 Å². The van der Waals surface area contributed by atoms with Crippen molar-refractivity contribution < 1.29 is 4.74 Å². The van der Waals surface area contributed by atoms with Crippen LogP contribution in [0.15, 0.2) is 36.4 Å². The Kier molecular flexibility index (Phi) is 4.77. The largest absolute Gasteiger partial charge is 0.485 e. The Hall–Kier alpha value is -1.58. The van der Waals surface area contributed by atoms with Crippen molar-refractivity contribution in [3.8, 4) is 5.75 Å². The first-order chi connectivity index (χ1) is 9.20. The fourth-order valence-electron chi connectivity index (χ4n) is 1.89. The summed E-state index contributed by atoms with van der Waals surface area (Å²) in [5.74, 6) is 0.706. The second-order valence-electron chi connectivity index (χ2n) is 4.33. The van der Waals surface area contributed by atoms with E-state index in [9.17, 15) is 0 Å². The van der Waals surface area contributed by atoms with Crippen molar-refractivity contribution in [1.82, 2.24) is 4.98 Å². The fraction of sp³-hybridized carbons (Fsp3) is 0.267. The molecule has 0 spiro atoms. The van der Waals surface area contributed by atoms with Gasteiger partial charge in [-0.05, 0) is 43.7 Å². The van der Waals surface area contributed by atoms with E-state index in [1.165, 1.54) is 0 Å². The van der Waals surface area contributed by atoms with Crippen molar-refractivity contribution in [2.75, 3.05) is 6.54 Å². The van der Waals surface area contributed by atoms with Crippen LogP contribution in [0.25, 0.3) is 0 Å². The summed E-state index contributed by atoms with van der Waals surface area (Å²) in [5.41, 5.74) is 8.49. The first-order valence-corrected chi connectivity index (χ1v) is 6.61. The Balaban J connectivity index is 2.14. The highest BCUT2D eigenvalue weighted by molar-refractivity contribution is 6.32. The normalized spacial score (nSPS) is 10.5. The minimum absolute atomic E-state index is 0.406. The number of ether oxygens (including phenoxy) is 1. The summed E-state index contributed by atoms with van der Waals surface area (Å²) in [7, 11) is 0. The number of pyridine rings is 1. The molecular weight excluding hydrogens is 260 g/mol. The molecule has 0 atom stereocenters. The molecule has 0 saturated carbocycles. The molecule has 2 aromatic rings. The monoisotopic (exact) mass is 276 g/mol. The molecule has 100 valence electrons. The lowest BCUT2D eigenvalue weighted by molar-refractivity contribution is 0.298. The fourth-order valence-corrected chi connectivity index (χ4v) is 2.14. The average molecular weight is 277 g/mol. The van der Waals surface area contributed by atoms with E-state index in [-0.39, 0.29) is 0 Å². The maximum absolute atomic E-state index is 6.18. The van der Waals surface area contributed by atoms with Gasteiger partial charge in [0.1, 0.15) is 12.4 Å². The molecular formula is C15H17ClN2O. The second kappa shape index (κ2) is 6.55. The summed E-state index contributed by atoms with van der Waals surface area (Å²) in [5, 5.41) is 0.610. The lowest BCUT2D eigenvalue weighted by Gasteiger charge is -2.12. The van der Waals surface area contributed by atoms with Gasteiger partial charge in [0.25, 0.3) is 0 Å². The molecule has 1 heterocycles. The molecule has 4 heteroatoms. The van der Waals surface area contributed by atoms with Crippen LogP contribution in [0.4, 0.5) is 0 Å². The number of halogens is 1. The van der Waals surface area contributed by atoms with Crippen molar-refractivity contribution in [2.45, 2.75) is 20.0 Å². The van der Waals surface area contributed by atoms with Crippen molar-refractivity contribution in [2.24, 2.45) is 5.73 Å². The van der Waals surface area contributed by atoms with Gasteiger partial charge in [0.15, 0.2) is 0 Å². The van der Waals surface area contributed by atoms with Gasteiger partial charge in [0, 0.05) is 5.69 Å². The number of rotatable bonds is 5. The minimum Gasteiger partial charge on any atom is -0.485 e. The smallest absolute Gasteiger partial charge is 0.141 e. The number of nitrogens with zero attached hydrogens (tertiary/aromatic N) is 1. The van der Waals surface area contributed by atoms with E-state index < -0.39 is 0 Å². The summed E-state index contributed by atoms with van der Waals surface area (Å²) in [6.45, 7) is 2.93. The van der Waals surface area contributed by atoms with Crippen molar-refractivity contribution in [1.29, 1.82) is 0 Å². The number of para-hydroxylation sites is 1. The van der Waals surface area contributed by atoms with Crippen molar-refractivity contribution in [3.05, 3.63) is 58.4 Å². The molecule has 0 unspecified atom stereocenters. The maximum Gasteiger partial charge on any atom is 0.141 e. The summed E-state index contributed by atoms with van der Waals surface area (Å²) in [4.78, 5) is 4.40. The Morgan fingerprint density at radius 3 is 2.74 bits per heavy atom. The number of benzene rings is 1. The molecule has 0 fully saturated rings. The molecule has 0 aliphatic carbocycles. The quantitative estimate of drug-likeness (QED) is 0.913. The predicted molar refractivity (Wildman–Crippen MR) is 77.5 cm³/mol. The van der Waals surface area contributed by atoms with Gasteiger partial charge in [-0.15, -0.1) is 0 Å². The van der Waals surface area contributed by atoms with Crippen LogP contribution in [0.5, 0.6) is 5.75 Å². The highest BCUT2D eigenvalue weighted by Crippen LogP contribution is 2.29. The maximum atomic E-state index is 6.18. The number of aryl methyl sites for hydroxylation is 1. The zero-order valence-electron chi connectivity index (χ0n) is 10.9. The number of hydrogen-bond donors (Lipinski definition) is 1. The van der Waals surface area contributed by atoms with Crippen molar-refractivity contribution in [3.63, 3.8) is 0 Å². The molecule has 2 rings (SSSR count). The van der Waals surface area contributed by atoms with Crippen LogP contribution >= 0.6 is 11.6 Å². The molecule has 0 saturated heterocycles. The van der Waals surface area contributed by atoms with Gasteiger partial charge in [-0.25, -0.2) is 0 Å². The lowest BCUT2D eigenvalue weighted by atomic mass is 10.1. The summed E-state index contributed by atoms with van der Waals surface area (Å²) >= 11 is 6.18. The predicted octanol–water partition coefficient (Wildman–Crippen LogP) is 3.12. The van der Waals surface area contributed by atoms with Gasteiger partial charge in [0.05, 0.1) is 10.7 Å². The topological polar surface area (TPSA) is 48.1 Å². The van der Waals surface area contributed by atoms with E-state index in [1.54, 1.807) is 0 Å². The Morgan fingerprint density at radius 1 is 1.21 bits per heavy atom. The number of hydrogen-bond acceptors (Lipinski definition) is 3. The summed E-state index contributed by atoms with van der Waals surface area (Å²) in [6, 6.07) is 11.6. The molecule has 3 nitrogen and oxygen atoms in total. The Morgan fingerprint density at radius 2 is 2.00 bits per heavy atom. The highest BCUT2D eigenvalue weighted by atomic mass is 35.5. The zero-order valence-corrected chi connectivity index (χ0v) is 11.7. The van der Waals surface area contributed by atoms with Crippen LogP contribution in [0.2, 0.25) is 5.02 Å². The molecule has 1 aromatic carbocycles. The third-order valence-corrected chi connectivity index (χ3v) is 3.07. The van der Waals surface area contributed by atoms with Gasteiger partial charge in [-0.3, -0.25) is 4.98 Å². The first kappa shape index (κ1) is 13.8. The third kappa shape index (κ3) is 3.69. The molecule has 1 aromatic heterocycles.